The molecule has 0 aromatic heterocycles. The normalized spacial score (nSPS) is 15.5. The van der Waals surface area contributed by atoms with E-state index in [1.807, 2.05) is 48.5 Å². The molecular formula is C21H21NO3S2. The smallest absolute Gasteiger partial charge is 0.265 e. The molecule has 0 spiro atoms. The fraction of sp³-hybridized carbons (Fsp3) is 0.238. The molecule has 0 atom stereocenters. The second-order valence-electron chi connectivity index (χ2n) is 6.26. The molecule has 27 heavy (non-hydrogen) atoms. The summed E-state index contributed by atoms with van der Waals surface area (Å²) < 4.78 is 12.1. The molecule has 1 heterocycles. The maximum Gasteiger partial charge on any atom is 0.265 e. The molecule has 0 radical (unpaired) electrons. The van der Waals surface area contributed by atoms with Crippen LogP contribution in [0, 0.1) is 13.8 Å². The van der Waals surface area contributed by atoms with Gasteiger partial charge in [-0.1, -0.05) is 42.2 Å². The van der Waals surface area contributed by atoms with Crippen molar-refractivity contribution in [2.24, 2.45) is 0 Å². The van der Waals surface area contributed by atoms with Crippen LogP contribution in [0.3, 0.4) is 0 Å². The van der Waals surface area contributed by atoms with Crippen molar-refractivity contribution in [3.05, 3.63) is 64.1 Å². The summed E-state index contributed by atoms with van der Waals surface area (Å²) in [7, 11) is 1.69. The number of carbonyl (C=O) groups is 1. The fourth-order valence-corrected chi connectivity index (χ4v) is 3.69. The van der Waals surface area contributed by atoms with E-state index in [4.69, 9.17) is 21.7 Å². The van der Waals surface area contributed by atoms with E-state index in [9.17, 15) is 4.79 Å². The fourth-order valence-electron chi connectivity index (χ4n) is 2.51. The zero-order valence-corrected chi connectivity index (χ0v) is 17.2. The van der Waals surface area contributed by atoms with E-state index in [-0.39, 0.29) is 5.91 Å². The van der Waals surface area contributed by atoms with Gasteiger partial charge >= 0.3 is 0 Å². The van der Waals surface area contributed by atoms with E-state index < -0.39 is 0 Å². The van der Waals surface area contributed by atoms with Crippen molar-refractivity contribution in [2.45, 2.75) is 13.8 Å². The first-order chi connectivity index (χ1) is 12.9. The minimum absolute atomic E-state index is 0.0712. The van der Waals surface area contributed by atoms with E-state index in [0.29, 0.717) is 22.4 Å². The molecule has 1 aliphatic rings. The summed E-state index contributed by atoms with van der Waals surface area (Å²) in [6.07, 6.45) is 1.83. The van der Waals surface area contributed by atoms with Gasteiger partial charge in [0.1, 0.15) is 29.0 Å². The van der Waals surface area contributed by atoms with Crippen LogP contribution in [0.25, 0.3) is 6.08 Å². The van der Waals surface area contributed by atoms with Gasteiger partial charge in [-0.15, -0.1) is 0 Å². The average Bonchev–Trinajstić information content (AvgIpc) is 2.89. The standard InChI is InChI=1S/C21H21NO3S2/c1-14-7-8-18(11-15(14)2)25-10-9-24-17-6-4-5-16(12-17)13-19-20(23)22(3)21(26)27-19/h4-8,11-13H,9-10H2,1-3H3. The maximum absolute atomic E-state index is 12.1. The number of nitrogens with zero attached hydrogens (tertiary/aromatic N) is 1. The first-order valence-electron chi connectivity index (χ1n) is 8.58. The van der Waals surface area contributed by atoms with Gasteiger partial charge in [0.2, 0.25) is 0 Å². The number of hydrogen-bond acceptors (Lipinski definition) is 5. The van der Waals surface area contributed by atoms with Crippen LogP contribution in [-0.2, 0) is 4.79 Å². The average molecular weight is 400 g/mol. The summed E-state index contributed by atoms with van der Waals surface area (Å²) in [6, 6.07) is 13.7. The molecule has 4 nitrogen and oxygen atoms in total. The summed E-state index contributed by atoms with van der Waals surface area (Å²) in [4.78, 5) is 14.2. The van der Waals surface area contributed by atoms with Gasteiger partial charge in [0.15, 0.2) is 0 Å². The van der Waals surface area contributed by atoms with Gasteiger partial charge < -0.3 is 9.47 Å². The third kappa shape index (κ3) is 4.90. The largest absolute Gasteiger partial charge is 0.490 e. The van der Waals surface area contributed by atoms with E-state index in [2.05, 4.69) is 13.8 Å². The number of benzene rings is 2. The van der Waals surface area contributed by atoms with Crippen molar-refractivity contribution in [2.75, 3.05) is 20.3 Å². The number of aryl methyl sites for hydroxylation is 2. The summed E-state index contributed by atoms with van der Waals surface area (Å²) in [5, 5.41) is 0. The number of amides is 1. The van der Waals surface area contributed by atoms with Gasteiger partial charge in [-0.3, -0.25) is 9.69 Å². The zero-order chi connectivity index (χ0) is 19.4. The lowest BCUT2D eigenvalue weighted by molar-refractivity contribution is -0.121. The lowest BCUT2D eigenvalue weighted by Gasteiger charge is -2.10. The van der Waals surface area contributed by atoms with Crippen molar-refractivity contribution in [1.82, 2.24) is 4.90 Å². The third-order valence-electron chi connectivity index (χ3n) is 4.24. The number of ether oxygens (including phenoxy) is 2. The molecule has 0 unspecified atom stereocenters. The van der Waals surface area contributed by atoms with Crippen LogP contribution < -0.4 is 9.47 Å². The second-order valence-corrected chi connectivity index (χ2v) is 7.93. The molecular weight excluding hydrogens is 378 g/mol. The van der Waals surface area contributed by atoms with E-state index in [1.54, 1.807) is 7.05 Å². The van der Waals surface area contributed by atoms with Crippen LogP contribution in [0.2, 0.25) is 0 Å². The van der Waals surface area contributed by atoms with Crippen molar-refractivity contribution in [3.8, 4) is 11.5 Å². The highest BCUT2D eigenvalue weighted by Crippen LogP contribution is 2.31. The number of rotatable bonds is 6. The molecule has 1 fully saturated rings. The highest BCUT2D eigenvalue weighted by atomic mass is 32.2. The van der Waals surface area contributed by atoms with Crippen molar-refractivity contribution in [3.63, 3.8) is 0 Å². The predicted molar refractivity (Wildman–Crippen MR) is 114 cm³/mol. The summed E-state index contributed by atoms with van der Waals surface area (Å²) in [6.45, 7) is 5.04. The highest BCUT2D eigenvalue weighted by molar-refractivity contribution is 8.26. The molecule has 140 valence electrons. The zero-order valence-electron chi connectivity index (χ0n) is 15.5. The third-order valence-corrected chi connectivity index (χ3v) is 5.73. The molecule has 0 aliphatic carbocycles. The van der Waals surface area contributed by atoms with Gasteiger partial charge in [0, 0.05) is 7.05 Å². The lowest BCUT2D eigenvalue weighted by Crippen LogP contribution is -2.22. The summed E-state index contributed by atoms with van der Waals surface area (Å²) >= 11 is 6.46. The SMILES string of the molecule is Cc1ccc(OCCOc2cccc(C=C3SC(=S)N(C)C3=O)c2)cc1C. The Morgan fingerprint density at radius 2 is 1.74 bits per heavy atom. The van der Waals surface area contributed by atoms with Crippen LogP contribution in [0.15, 0.2) is 47.4 Å². The van der Waals surface area contributed by atoms with Gasteiger partial charge in [-0.2, -0.15) is 0 Å². The summed E-state index contributed by atoms with van der Waals surface area (Å²) in [5.74, 6) is 1.51. The molecule has 0 bridgehead atoms. The van der Waals surface area contributed by atoms with E-state index >= 15 is 0 Å². The van der Waals surface area contributed by atoms with Crippen molar-refractivity contribution < 1.29 is 14.3 Å². The van der Waals surface area contributed by atoms with Crippen molar-refractivity contribution in [1.29, 1.82) is 0 Å². The molecule has 6 heteroatoms. The first kappa shape index (κ1) is 19.5. The Balaban J connectivity index is 1.56. The van der Waals surface area contributed by atoms with Crippen LogP contribution in [0.4, 0.5) is 0 Å². The van der Waals surface area contributed by atoms with Gasteiger partial charge in [-0.05, 0) is 60.9 Å². The number of likely N-dealkylation sites (N-methyl/N-ethyl adjacent to an activating group) is 1. The molecule has 0 saturated carbocycles. The van der Waals surface area contributed by atoms with Crippen LogP contribution in [0.5, 0.6) is 11.5 Å². The van der Waals surface area contributed by atoms with Gasteiger partial charge in [0.05, 0.1) is 4.91 Å². The minimum atomic E-state index is -0.0712. The Bertz CT molecular complexity index is 908. The minimum Gasteiger partial charge on any atom is -0.490 e. The van der Waals surface area contributed by atoms with Crippen LogP contribution in [-0.4, -0.2) is 35.4 Å². The number of thioether (sulfide) groups is 1. The molecule has 0 N–H and O–H groups in total. The molecule has 2 aromatic carbocycles. The Kier molecular flexibility index (Phi) is 6.19. The quantitative estimate of drug-likeness (QED) is 0.403. The first-order valence-corrected chi connectivity index (χ1v) is 9.81. The number of thiocarbonyl (C=S) groups is 1. The molecule has 3 rings (SSSR count). The molecule has 1 amide bonds. The predicted octanol–water partition coefficient (Wildman–Crippen LogP) is 4.59. The summed E-state index contributed by atoms with van der Waals surface area (Å²) in [5.41, 5.74) is 3.35. The maximum atomic E-state index is 12.1. The van der Waals surface area contributed by atoms with Crippen molar-refractivity contribution >= 4 is 40.3 Å². The second kappa shape index (κ2) is 8.59. The van der Waals surface area contributed by atoms with E-state index in [1.165, 1.54) is 27.8 Å². The molecule has 1 aliphatic heterocycles. The Morgan fingerprint density at radius 1 is 1.04 bits per heavy atom. The molecule has 1 saturated heterocycles. The Morgan fingerprint density at radius 3 is 2.37 bits per heavy atom. The highest BCUT2D eigenvalue weighted by Gasteiger charge is 2.28. The van der Waals surface area contributed by atoms with E-state index in [0.717, 1.165) is 17.1 Å². The Hall–Kier alpha value is -2.31. The van der Waals surface area contributed by atoms with Crippen LogP contribution in [0.1, 0.15) is 16.7 Å². The Labute approximate surface area is 169 Å². The van der Waals surface area contributed by atoms with Crippen LogP contribution >= 0.6 is 24.0 Å². The number of carbonyl (C=O) groups excluding carboxylic acids is 1. The molecule has 2 aromatic rings. The lowest BCUT2D eigenvalue weighted by atomic mass is 10.1. The topological polar surface area (TPSA) is 38.8 Å². The number of hydrogen-bond donors (Lipinski definition) is 0. The monoisotopic (exact) mass is 399 g/mol. The van der Waals surface area contributed by atoms with Gasteiger partial charge in [0.25, 0.3) is 5.91 Å². The van der Waals surface area contributed by atoms with Gasteiger partial charge in [-0.25, -0.2) is 0 Å².